The first kappa shape index (κ1) is 13.7. The number of carbonyl (C=O) groups excluding carboxylic acids is 1. The number of rotatable bonds is 5. The molecule has 94 valence electrons. The van der Waals surface area contributed by atoms with Crippen molar-refractivity contribution in [1.82, 2.24) is 5.06 Å². The highest BCUT2D eigenvalue weighted by atomic mass is 16.7. The Morgan fingerprint density at radius 1 is 1.41 bits per heavy atom. The number of aliphatic hydroxyl groups is 1. The summed E-state index contributed by atoms with van der Waals surface area (Å²) in [5.74, 6) is -0.140. The molecule has 0 aliphatic rings. The van der Waals surface area contributed by atoms with E-state index in [9.17, 15) is 9.90 Å². The molecule has 0 aliphatic heterocycles. The number of aryl methyl sites for hydroxylation is 1. The van der Waals surface area contributed by atoms with Crippen molar-refractivity contribution in [2.75, 3.05) is 14.2 Å². The number of benzene rings is 1. The molecule has 0 heterocycles. The van der Waals surface area contributed by atoms with Gasteiger partial charge < -0.3 is 5.11 Å². The van der Waals surface area contributed by atoms with Gasteiger partial charge in [-0.3, -0.25) is 9.63 Å². The van der Waals surface area contributed by atoms with Crippen molar-refractivity contribution in [3.63, 3.8) is 0 Å². The van der Waals surface area contributed by atoms with Gasteiger partial charge in [0.1, 0.15) is 0 Å². The summed E-state index contributed by atoms with van der Waals surface area (Å²) in [5.41, 5.74) is 1.99. The van der Waals surface area contributed by atoms with Gasteiger partial charge in [0.25, 0.3) is 0 Å². The van der Waals surface area contributed by atoms with Crippen LogP contribution >= 0.6 is 0 Å². The lowest BCUT2D eigenvalue weighted by atomic mass is 10.0. The minimum atomic E-state index is -0.607. The van der Waals surface area contributed by atoms with E-state index in [1.54, 1.807) is 7.05 Å². The average Bonchev–Trinajstić information content (AvgIpc) is 2.35. The number of carbonyl (C=O) groups is 1. The predicted molar refractivity (Wildman–Crippen MR) is 65.2 cm³/mol. The molecule has 4 heteroatoms. The van der Waals surface area contributed by atoms with Crippen LogP contribution < -0.4 is 0 Å². The van der Waals surface area contributed by atoms with Crippen molar-refractivity contribution in [3.8, 4) is 0 Å². The van der Waals surface area contributed by atoms with Crippen LogP contribution in [0, 0.1) is 6.92 Å². The molecule has 1 unspecified atom stereocenters. The zero-order chi connectivity index (χ0) is 12.8. The summed E-state index contributed by atoms with van der Waals surface area (Å²) in [4.78, 5) is 16.2. The fraction of sp³-hybridized carbons (Fsp3) is 0.462. The summed E-state index contributed by atoms with van der Waals surface area (Å²) in [6.45, 7) is 1.99. The second-order valence-electron chi connectivity index (χ2n) is 4.04. The van der Waals surface area contributed by atoms with Gasteiger partial charge >= 0.3 is 0 Å². The smallest absolute Gasteiger partial charge is 0.245 e. The lowest BCUT2D eigenvalue weighted by Crippen LogP contribution is -2.25. The minimum absolute atomic E-state index is 0.140. The summed E-state index contributed by atoms with van der Waals surface area (Å²) in [6, 6.07) is 7.65. The van der Waals surface area contributed by atoms with E-state index in [1.807, 2.05) is 31.2 Å². The zero-order valence-electron chi connectivity index (χ0n) is 10.5. The summed E-state index contributed by atoms with van der Waals surface area (Å²) in [5, 5.41) is 11.1. The van der Waals surface area contributed by atoms with Crippen LogP contribution in [0.2, 0.25) is 0 Å². The molecular weight excluding hydrogens is 218 g/mol. The molecular formula is C13H19NO3. The molecule has 0 spiro atoms. The van der Waals surface area contributed by atoms with E-state index in [-0.39, 0.29) is 12.3 Å². The van der Waals surface area contributed by atoms with Gasteiger partial charge in [0.05, 0.1) is 13.2 Å². The maximum Gasteiger partial charge on any atom is 0.245 e. The second kappa shape index (κ2) is 6.37. The van der Waals surface area contributed by atoms with Gasteiger partial charge in [-0.1, -0.05) is 29.8 Å². The monoisotopic (exact) mass is 237 g/mol. The van der Waals surface area contributed by atoms with E-state index in [1.165, 1.54) is 12.2 Å². The Labute approximate surface area is 102 Å². The molecule has 0 bridgehead atoms. The van der Waals surface area contributed by atoms with Gasteiger partial charge in [-0.25, -0.2) is 5.06 Å². The molecule has 0 aromatic heterocycles. The first-order valence-corrected chi connectivity index (χ1v) is 5.60. The fourth-order valence-electron chi connectivity index (χ4n) is 1.47. The molecule has 0 aliphatic carbocycles. The van der Waals surface area contributed by atoms with Gasteiger partial charge in [-0.05, 0) is 18.9 Å². The van der Waals surface area contributed by atoms with Crippen molar-refractivity contribution in [2.24, 2.45) is 0 Å². The standard InChI is InChI=1S/C13H19NO3/c1-10-4-6-11(7-5-10)12(15)8-9-13(16)14(2)17-3/h4-7,12,15H,8-9H2,1-3H3. The molecule has 1 amide bonds. The Bertz CT molecular complexity index is 361. The summed E-state index contributed by atoms with van der Waals surface area (Å²) in [7, 11) is 2.99. The number of hydroxylamine groups is 2. The first-order chi connectivity index (χ1) is 8.04. The van der Waals surface area contributed by atoms with Crippen molar-refractivity contribution in [1.29, 1.82) is 0 Å². The van der Waals surface area contributed by atoms with E-state index in [2.05, 4.69) is 0 Å². The van der Waals surface area contributed by atoms with E-state index in [4.69, 9.17) is 4.84 Å². The molecule has 1 aromatic rings. The van der Waals surface area contributed by atoms with Crippen LogP contribution in [-0.4, -0.2) is 30.2 Å². The fourth-order valence-corrected chi connectivity index (χ4v) is 1.47. The molecule has 17 heavy (non-hydrogen) atoms. The van der Waals surface area contributed by atoms with Crippen LogP contribution in [0.5, 0.6) is 0 Å². The lowest BCUT2D eigenvalue weighted by molar-refractivity contribution is -0.169. The van der Waals surface area contributed by atoms with Crippen LogP contribution in [0.25, 0.3) is 0 Å². The number of hydrogen-bond acceptors (Lipinski definition) is 3. The Balaban J connectivity index is 2.47. The Hall–Kier alpha value is -1.39. The Morgan fingerprint density at radius 2 is 2.00 bits per heavy atom. The predicted octanol–water partition coefficient (Wildman–Crippen LogP) is 1.83. The summed E-state index contributed by atoms with van der Waals surface area (Å²) in [6.07, 6.45) is 0.0550. The SMILES string of the molecule is CON(C)C(=O)CCC(O)c1ccc(C)cc1. The van der Waals surface area contributed by atoms with Crippen molar-refractivity contribution >= 4 is 5.91 Å². The molecule has 0 fully saturated rings. The van der Waals surface area contributed by atoms with E-state index in [0.29, 0.717) is 6.42 Å². The van der Waals surface area contributed by atoms with Gasteiger partial charge in [0.15, 0.2) is 0 Å². The molecule has 0 radical (unpaired) electrons. The van der Waals surface area contributed by atoms with Crippen LogP contribution in [0.4, 0.5) is 0 Å². The maximum absolute atomic E-state index is 11.5. The van der Waals surface area contributed by atoms with Crippen molar-refractivity contribution < 1.29 is 14.7 Å². The highest BCUT2D eigenvalue weighted by Crippen LogP contribution is 2.19. The topological polar surface area (TPSA) is 49.8 Å². The zero-order valence-corrected chi connectivity index (χ0v) is 10.5. The van der Waals surface area contributed by atoms with Crippen LogP contribution in [0.1, 0.15) is 30.1 Å². The van der Waals surface area contributed by atoms with Gasteiger partial charge in [-0.2, -0.15) is 0 Å². The Morgan fingerprint density at radius 3 is 2.53 bits per heavy atom. The van der Waals surface area contributed by atoms with Gasteiger partial charge in [0, 0.05) is 13.5 Å². The number of aliphatic hydroxyl groups excluding tert-OH is 1. The van der Waals surface area contributed by atoms with Crippen molar-refractivity contribution in [2.45, 2.75) is 25.9 Å². The van der Waals surface area contributed by atoms with Crippen LogP contribution in [-0.2, 0) is 9.63 Å². The number of hydrogen-bond donors (Lipinski definition) is 1. The molecule has 1 rings (SSSR count). The first-order valence-electron chi connectivity index (χ1n) is 5.60. The highest BCUT2D eigenvalue weighted by molar-refractivity contribution is 5.74. The summed E-state index contributed by atoms with van der Waals surface area (Å²) < 4.78 is 0. The molecule has 1 atom stereocenters. The third kappa shape index (κ3) is 4.17. The largest absolute Gasteiger partial charge is 0.388 e. The van der Waals surface area contributed by atoms with Crippen molar-refractivity contribution in [3.05, 3.63) is 35.4 Å². The third-order valence-corrected chi connectivity index (χ3v) is 2.72. The van der Waals surface area contributed by atoms with E-state index in [0.717, 1.165) is 11.1 Å². The molecule has 0 saturated carbocycles. The lowest BCUT2D eigenvalue weighted by Gasteiger charge is -2.15. The number of amides is 1. The van der Waals surface area contributed by atoms with Crippen LogP contribution in [0.15, 0.2) is 24.3 Å². The Kier molecular flexibility index (Phi) is 5.12. The minimum Gasteiger partial charge on any atom is -0.388 e. The highest BCUT2D eigenvalue weighted by Gasteiger charge is 2.13. The summed E-state index contributed by atoms with van der Waals surface area (Å²) >= 11 is 0. The molecule has 1 N–H and O–H groups in total. The average molecular weight is 237 g/mol. The second-order valence-corrected chi connectivity index (χ2v) is 4.04. The van der Waals surface area contributed by atoms with Gasteiger partial charge in [0.2, 0.25) is 5.91 Å². The number of nitrogens with zero attached hydrogens (tertiary/aromatic N) is 1. The van der Waals surface area contributed by atoms with Gasteiger partial charge in [-0.15, -0.1) is 0 Å². The molecule has 1 aromatic carbocycles. The molecule has 4 nitrogen and oxygen atoms in total. The van der Waals surface area contributed by atoms with E-state index < -0.39 is 6.10 Å². The van der Waals surface area contributed by atoms with Crippen LogP contribution in [0.3, 0.4) is 0 Å². The maximum atomic E-state index is 11.5. The van der Waals surface area contributed by atoms with E-state index >= 15 is 0 Å². The molecule has 0 saturated heterocycles. The third-order valence-electron chi connectivity index (χ3n) is 2.72. The quantitative estimate of drug-likeness (QED) is 0.795. The normalized spacial score (nSPS) is 12.2.